The highest BCUT2D eigenvalue weighted by Gasteiger charge is 2.10. The van der Waals surface area contributed by atoms with Gasteiger partial charge in [-0.05, 0) is 45.4 Å². The molecule has 0 saturated heterocycles. The Hall–Kier alpha value is -1.72. The molecule has 2 heterocycles. The first kappa shape index (κ1) is 15.7. The summed E-state index contributed by atoms with van der Waals surface area (Å²) in [5, 5.41) is 16.9. The second kappa shape index (κ2) is 7.33. The van der Waals surface area contributed by atoms with Gasteiger partial charge in [0, 0.05) is 29.7 Å². The van der Waals surface area contributed by atoms with Gasteiger partial charge in [-0.3, -0.25) is 9.67 Å². The number of nitrogens with one attached hydrogen (secondary N) is 1. The molecule has 2 aromatic heterocycles. The van der Waals surface area contributed by atoms with Gasteiger partial charge in [0.1, 0.15) is 0 Å². The normalized spacial score (nSPS) is 11.0. The number of nitrogens with zero attached hydrogens (tertiary/aromatic N) is 3. The van der Waals surface area contributed by atoms with E-state index in [1.54, 1.807) is 0 Å². The van der Waals surface area contributed by atoms with Crippen molar-refractivity contribution < 1.29 is 5.11 Å². The zero-order valence-corrected chi connectivity index (χ0v) is 13.1. The van der Waals surface area contributed by atoms with Crippen LogP contribution in [0.4, 0.5) is 0 Å². The molecule has 0 fully saturated rings. The van der Waals surface area contributed by atoms with Gasteiger partial charge in [0.25, 0.3) is 0 Å². The Labute approximate surface area is 126 Å². The lowest BCUT2D eigenvalue weighted by Gasteiger charge is -2.06. The van der Waals surface area contributed by atoms with Gasteiger partial charge in [-0.25, -0.2) is 0 Å². The SMILES string of the molecule is Cc1ccc(CCNCc2c(C)nn(CCO)c2C)cn1. The molecule has 0 unspecified atom stereocenters. The highest BCUT2D eigenvalue weighted by atomic mass is 16.3. The smallest absolute Gasteiger partial charge is 0.0644 e. The molecule has 0 amide bonds. The number of aromatic nitrogens is 3. The molecule has 2 aromatic rings. The molecule has 5 heteroatoms. The average molecular weight is 288 g/mol. The topological polar surface area (TPSA) is 63.0 Å². The summed E-state index contributed by atoms with van der Waals surface area (Å²) in [6, 6.07) is 4.17. The van der Waals surface area contributed by atoms with E-state index in [4.69, 9.17) is 5.11 Å². The van der Waals surface area contributed by atoms with Crippen LogP contribution in [0.2, 0.25) is 0 Å². The number of hydrogen-bond donors (Lipinski definition) is 2. The number of hydrogen-bond acceptors (Lipinski definition) is 4. The number of pyridine rings is 1. The van der Waals surface area contributed by atoms with Gasteiger partial charge in [-0.15, -0.1) is 0 Å². The van der Waals surface area contributed by atoms with Crippen LogP contribution in [0.15, 0.2) is 18.3 Å². The molecule has 0 saturated carbocycles. The highest BCUT2D eigenvalue weighted by molar-refractivity contribution is 5.24. The van der Waals surface area contributed by atoms with Gasteiger partial charge >= 0.3 is 0 Å². The van der Waals surface area contributed by atoms with Crippen LogP contribution >= 0.6 is 0 Å². The second-order valence-corrected chi connectivity index (χ2v) is 5.33. The van der Waals surface area contributed by atoms with E-state index in [0.29, 0.717) is 6.54 Å². The maximum atomic E-state index is 9.02. The number of aliphatic hydroxyl groups is 1. The van der Waals surface area contributed by atoms with E-state index in [1.807, 2.05) is 30.8 Å². The van der Waals surface area contributed by atoms with Gasteiger partial charge in [0.15, 0.2) is 0 Å². The lowest BCUT2D eigenvalue weighted by Crippen LogP contribution is -2.18. The molecule has 0 bridgehead atoms. The zero-order chi connectivity index (χ0) is 15.2. The van der Waals surface area contributed by atoms with E-state index in [9.17, 15) is 0 Å². The summed E-state index contributed by atoms with van der Waals surface area (Å²) in [6.07, 6.45) is 2.91. The van der Waals surface area contributed by atoms with E-state index in [1.165, 1.54) is 11.1 Å². The lowest BCUT2D eigenvalue weighted by molar-refractivity contribution is 0.267. The number of aliphatic hydroxyl groups excluding tert-OH is 1. The Morgan fingerprint density at radius 1 is 1.24 bits per heavy atom. The third kappa shape index (κ3) is 4.12. The van der Waals surface area contributed by atoms with E-state index in [2.05, 4.69) is 28.4 Å². The average Bonchev–Trinajstić information content (AvgIpc) is 2.73. The lowest BCUT2D eigenvalue weighted by atomic mass is 10.1. The summed E-state index contributed by atoms with van der Waals surface area (Å²) < 4.78 is 1.87. The van der Waals surface area contributed by atoms with E-state index < -0.39 is 0 Å². The molecular weight excluding hydrogens is 264 g/mol. The fourth-order valence-electron chi connectivity index (χ4n) is 2.39. The molecule has 114 valence electrons. The van der Waals surface area contributed by atoms with E-state index >= 15 is 0 Å². The minimum atomic E-state index is 0.120. The molecule has 0 aliphatic rings. The molecule has 21 heavy (non-hydrogen) atoms. The summed E-state index contributed by atoms with van der Waals surface area (Å²) in [5.41, 5.74) is 5.69. The number of rotatable bonds is 7. The molecule has 2 rings (SSSR count). The van der Waals surface area contributed by atoms with Crippen molar-refractivity contribution >= 4 is 0 Å². The summed E-state index contributed by atoms with van der Waals surface area (Å²) in [5.74, 6) is 0. The largest absolute Gasteiger partial charge is 0.394 e. The molecule has 0 aromatic carbocycles. The molecule has 0 aliphatic heterocycles. The molecule has 2 N–H and O–H groups in total. The van der Waals surface area contributed by atoms with Crippen LogP contribution in [0.25, 0.3) is 0 Å². The van der Waals surface area contributed by atoms with Crippen molar-refractivity contribution in [2.24, 2.45) is 0 Å². The van der Waals surface area contributed by atoms with Crippen molar-refractivity contribution in [2.75, 3.05) is 13.2 Å². The minimum Gasteiger partial charge on any atom is -0.394 e. The first-order chi connectivity index (χ1) is 10.1. The predicted molar refractivity (Wildman–Crippen MR) is 83.2 cm³/mol. The van der Waals surface area contributed by atoms with Gasteiger partial charge in [-0.1, -0.05) is 6.07 Å². The van der Waals surface area contributed by atoms with Crippen LogP contribution in [0.3, 0.4) is 0 Å². The molecule has 0 aliphatic carbocycles. The first-order valence-electron chi connectivity index (χ1n) is 7.38. The molecule has 5 nitrogen and oxygen atoms in total. The molecule has 0 radical (unpaired) electrons. The third-order valence-electron chi connectivity index (χ3n) is 3.71. The fourth-order valence-corrected chi connectivity index (χ4v) is 2.39. The second-order valence-electron chi connectivity index (χ2n) is 5.33. The van der Waals surface area contributed by atoms with Crippen LogP contribution < -0.4 is 5.32 Å². The Morgan fingerprint density at radius 3 is 2.71 bits per heavy atom. The van der Waals surface area contributed by atoms with Crippen molar-refractivity contribution in [2.45, 2.75) is 40.3 Å². The van der Waals surface area contributed by atoms with Crippen molar-refractivity contribution in [1.82, 2.24) is 20.1 Å². The van der Waals surface area contributed by atoms with Crippen LogP contribution in [0.5, 0.6) is 0 Å². The molecular formula is C16H24N4O. The standard InChI is InChI=1S/C16H24N4O/c1-12-4-5-15(10-18-12)6-7-17-11-16-13(2)19-20(8-9-21)14(16)3/h4-5,10,17,21H,6-9,11H2,1-3H3. The van der Waals surface area contributed by atoms with Gasteiger partial charge in [0.05, 0.1) is 18.8 Å². The van der Waals surface area contributed by atoms with Gasteiger partial charge < -0.3 is 10.4 Å². The number of aryl methyl sites for hydroxylation is 2. The summed E-state index contributed by atoms with van der Waals surface area (Å²) in [4.78, 5) is 4.30. The summed E-state index contributed by atoms with van der Waals surface area (Å²) in [7, 11) is 0. The van der Waals surface area contributed by atoms with Crippen LogP contribution in [-0.2, 0) is 19.5 Å². The highest BCUT2D eigenvalue weighted by Crippen LogP contribution is 2.12. The van der Waals surface area contributed by atoms with Gasteiger partial charge in [-0.2, -0.15) is 5.10 Å². The molecule has 0 atom stereocenters. The van der Waals surface area contributed by atoms with Crippen LogP contribution in [0, 0.1) is 20.8 Å². The third-order valence-corrected chi connectivity index (χ3v) is 3.71. The Bertz CT molecular complexity index is 575. The van der Waals surface area contributed by atoms with E-state index in [0.717, 1.165) is 36.6 Å². The Balaban J connectivity index is 1.84. The monoisotopic (exact) mass is 288 g/mol. The van der Waals surface area contributed by atoms with Crippen LogP contribution in [-0.4, -0.2) is 33.0 Å². The first-order valence-corrected chi connectivity index (χ1v) is 7.38. The van der Waals surface area contributed by atoms with Crippen LogP contribution in [0.1, 0.15) is 28.2 Å². The quantitative estimate of drug-likeness (QED) is 0.758. The van der Waals surface area contributed by atoms with Crippen molar-refractivity contribution in [1.29, 1.82) is 0 Å². The van der Waals surface area contributed by atoms with E-state index in [-0.39, 0.29) is 6.61 Å². The summed E-state index contributed by atoms with van der Waals surface area (Å²) >= 11 is 0. The van der Waals surface area contributed by atoms with Gasteiger partial charge in [0.2, 0.25) is 0 Å². The maximum Gasteiger partial charge on any atom is 0.0644 e. The van der Waals surface area contributed by atoms with Crippen molar-refractivity contribution in [3.63, 3.8) is 0 Å². The summed E-state index contributed by atoms with van der Waals surface area (Å²) in [6.45, 7) is 8.46. The fraction of sp³-hybridized carbons (Fsp3) is 0.500. The molecule has 0 spiro atoms. The Morgan fingerprint density at radius 2 is 2.05 bits per heavy atom. The van der Waals surface area contributed by atoms with Crippen molar-refractivity contribution in [3.8, 4) is 0 Å². The zero-order valence-electron chi connectivity index (χ0n) is 13.1. The maximum absolute atomic E-state index is 9.02. The Kier molecular flexibility index (Phi) is 5.47. The van der Waals surface area contributed by atoms with Crippen molar-refractivity contribution in [3.05, 3.63) is 46.5 Å². The predicted octanol–water partition coefficient (Wildman–Crippen LogP) is 1.53. The minimum absolute atomic E-state index is 0.120.